The van der Waals surface area contributed by atoms with Crippen LogP contribution in [0.25, 0.3) is 0 Å². The molecule has 0 N–H and O–H groups in total. The van der Waals surface area contributed by atoms with Crippen LogP contribution in [0, 0.1) is 20.8 Å². The fourth-order valence-electron chi connectivity index (χ4n) is 3.93. The number of likely N-dealkylation sites (tertiary alicyclic amines) is 1. The van der Waals surface area contributed by atoms with Gasteiger partial charge in [-0.15, -0.1) is 10.2 Å². The van der Waals surface area contributed by atoms with Gasteiger partial charge in [-0.05, 0) is 32.8 Å². The molecule has 2 atom stereocenters. The molecule has 0 unspecified atom stereocenters. The molecule has 24 heavy (non-hydrogen) atoms. The Bertz CT molecular complexity index is 781. The van der Waals surface area contributed by atoms with Crippen LogP contribution in [0.15, 0.2) is 14.9 Å². The topological polar surface area (TPSA) is 81.6 Å². The number of furan rings is 1. The molecule has 2 aromatic rings. The average molecular weight is 331 g/mol. The molecule has 2 aliphatic rings. The summed E-state index contributed by atoms with van der Waals surface area (Å²) in [6.07, 6.45) is 1.57. The third kappa shape index (κ3) is 2.26. The lowest BCUT2D eigenvalue weighted by molar-refractivity contribution is 0.00962. The molecule has 1 amide bonds. The molecule has 0 saturated carbocycles. The van der Waals surface area contributed by atoms with Gasteiger partial charge < -0.3 is 18.5 Å². The number of aryl methyl sites for hydroxylation is 3. The molecule has 7 heteroatoms. The second-order valence-electron chi connectivity index (χ2n) is 6.73. The van der Waals surface area contributed by atoms with E-state index in [1.807, 2.05) is 18.7 Å². The van der Waals surface area contributed by atoms with Gasteiger partial charge in [0.1, 0.15) is 11.5 Å². The van der Waals surface area contributed by atoms with Gasteiger partial charge in [0.2, 0.25) is 11.8 Å². The Morgan fingerprint density at radius 1 is 1.29 bits per heavy atom. The lowest BCUT2D eigenvalue weighted by Gasteiger charge is -2.41. The molecule has 0 radical (unpaired) electrons. The van der Waals surface area contributed by atoms with E-state index >= 15 is 0 Å². The Hall–Kier alpha value is -2.15. The van der Waals surface area contributed by atoms with Gasteiger partial charge >= 0.3 is 0 Å². The monoisotopic (exact) mass is 331 g/mol. The molecule has 4 heterocycles. The number of hydrogen-bond donors (Lipinski definition) is 0. The summed E-state index contributed by atoms with van der Waals surface area (Å²) in [5, 5.41) is 8.21. The number of carbonyl (C=O) groups excluding carboxylic acids is 1. The first-order chi connectivity index (χ1) is 11.5. The van der Waals surface area contributed by atoms with E-state index in [0.717, 1.165) is 18.6 Å². The fraction of sp³-hybridized carbons (Fsp3) is 0.588. The molecule has 2 saturated heterocycles. The van der Waals surface area contributed by atoms with Crippen LogP contribution in [0.2, 0.25) is 0 Å². The van der Waals surface area contributed by atoms with Gasteiger partial charge in [-0.3, -0.25) is 4.79 Å². The number of amides is 1. The lowest BCUT2D eigenvalue weighted by atomic mass is 9.76. The number of hydrogen-bond acceptors (Lipinski definition) is 6. The zero-order valence-electron chi connectivity index (χ0n) is 14.2. The molecule has 128 valence electrons. The summed E-state index contributed by atoms with van der Waals surface area (Å²) in [6, 6.07) is 1.80. The highest BCUT2D eigenvalue weighted by atomic mass is 16.5. The number of fused-ring (bicyclic) bond motifs is 1. The average Bonchev–Trinajstić information content (AvgIpc) is 3.24. The third-order valence-electron chi connectivity index (χ3n) is 5.13. The van der Waals surface area contributed by atoms with Crippen molar-refractivity contribution in [3.63, 3.8) is 0 Å². The Morgan fingerprint density at radius 3 is 2.79 bits per heavy atom. The van der Waals surface area contributed by atoms with Crippen molar-refractivity contribution in [3.8, 4) is 0 Å². The standard InChI is InChI=1S/C17H21N3O4/c1-10-8-13(11(2)23-10)15(21)20-6-4-14-17(9-20,5-7-22-14)16-19-18-12(3)24-16/h8,14H,4-7,9H2,1-3H3/t14-,17-/m0/s1. The minimum Gasteiger partial charge on any atom is -0.466 e. The summed E-state index contributed by atoms with van der Waals surface area (Å²) in [7, 11) is 0. The Labute approximate surface area is 140 Å². The number of carbonyl (C=O) groups is 1. The highest BCUT2D eigenvalue weighted by Crippen LogP contribution is 2.43. The van der Waals surface area contributed by atoms with E-state index in [1.54, 1.807) is 13.0 Å². The van der Waals surface area contributed by atoms with Crippen molar-refractivity contribution in [1.82, 2.24) is 15.1 Å². The number of nitrogens with zero attached hydrogens (tertiary/aromatic N) is 3. The van der Waals surface area contributed by atoms with E-state index in [1.165, 1.54) is 0 Å². The SMILES string of the molecule is Cc1cc(C(=O)N2CC[C@@H]3OCC[C@]3(c3nnc(C)o3)C2)c(C)o1. The first kappa shape index (κ1) is 15.4. The van der Waals surface area contributed by atoms with E-state index in [9.17, 15) is 4.79 Å². The zero-order valence-corrected chi connectivity index (χ0v) is 14.2. The second-order valence-corrected chi connectivity index (χ2v) is 6.73. The maximum atomic E-state index is 13.0. The largest absolute Gasteiger partial charge is 0.466 e. The summed E-state index contributed by atoms with van der Waals surface area (Å²) >= 11 is 0. The minimum atomic E-state index is -0.401. The smallest absolute Gasteiger partial charge is 0.257 e. The first-order valence-electron chi connectivity index (χ1n) is 8.28. The van der Waals surface area contributed by atoms with Gasteiger partial charge in [-0.1, -0.05) is 0 Å². The number of aromatic nitrogens is 2. The zero-order chi connectivity index (χ0) is 16.9. The molecule has 2 fully saturated rings. The molecule has 2 aromatic heterocycles. The summed E-state index contributed by atoms with van der Waals surface area (Å²) in [5.74, 6) is 2.52. The second kappa shape index (κ2) is 5.44. The maximum Gasteiger partial charge on any atom is 0.257 e. The van der Waals surface area contributed by atoms with Crippen LogP contribution in [0.1, 0.15) is 46.5 Å². The number of ether oxygens (including phenoxy) is 1. The van der Waals surface area contributed by atoms with E-state index in [-0.39, 0.29) is 12.0 Å². The van der Waals surface area contributed by atoms with Gasteiger partial charge in [-0.2, -0.15) is 0 Å². The highest BCUT2D eigenvalue weighted by Gasteiger charge is 2.53. The molecular weight excluding hydrogens is 310 g/mol. The van der Waals surface area contributed by atoms with Crippen molar-refractivity contribution in [1.29, 1.82) is 0 Å². The van der Waals surface area contributed by atoms with Crippen LogP contribution >= 0.6 is 0 Å². The predicted octanol–water partition coefficient (Wildman–Crippen LogP) is 2.16. The van der Waals surface area contributed by atoms with Gasteiger partial charge in [0.25, 0.3) is 5.91 Å². The van der Waals surface area contributed by atoms with Gasteiger partial charge in [0.15, 0.2) is 0 Å². The lowest BCUT2D eigenvalue weighted by Crippen LogP contribution is -2.54. The van der Waals surface area contributed by atoms with Crippen LogP contribution in [0.4, 0.5) is 0 Å². The third-order valence-corrected chi connectivity index (χ3v) is 5.13. The summed E-state index contributed by atoms with van der Waals surface area (Å²) in [6.45, 7) is 7.29. The number of rotatable bonds is 2. The van der Waals surface area contributed by atoms with Crippen LogP contribution in [0.5, 0.6) is 0 Å². The van der Waals surface area contributed by atoms with Crippen molar-refractivity contribution in [3.05, 3.63) is 34.9 Å². The quantitative estimate of drug-likeness (QED) is 0.839. The van der Waals surface area contributed by atoms with Crippen molar-refractivity contribution in [2.45, 2.75) is 45.1 Å². The molecule has 0 bridgehead atoms. The summed E-state index contributed by atoms with van der Waals surface area (Å²) < 4.78 is 17.1. The van der Waals surface area contributed by atoms with E-state index < -0.39 is 5.41 Å². The molecule has 7 nitrogen and oxygen atoms in total. The van der Waals surface area contributed by atoms with Crippen molar-refractivity contribution in [2.24, 2.45) is 0 Å². The first-order valence-corrected chi connectivity index (χ1v) is 8.28. The van der Waals surface area contributed by atoms with Crippen molar-refractivity contribution >= 4 is 5.91 Å². The van der Waals surface area contributed by atoms with Gasteiger partial charge in [0, 0.05) is 26.6 Å². The molecule has 0 aliphatic carbocycles. The van der Waals surface area contributed by atoms with Crippen LogP contribution in [0.3, 0.4) is 0 Å². The molecule has 0 aromatic carbocycles. The van der Waals surface area contributed by atoms with Gasteiger partial charge in [-0.25, -0.2) is 0 Å². The fourth-order valence-corrected chi connectivity index (χ4v) is 3.93. The summed E-state index contributed by atoms with van der Waals surface area (Å²) in [4.78, 5) is 14.8. The predicted molar refractivity (Wildman–Crippen MR) is 83.8 cm³/mol. The number of piperidine rings is 1. The van der Waals surface area contributed by atoms with E-state index in [2.05, 4.69) is 10.2 Å². The molecular formula is C17H21N3O4. The minimum absolute atomic E-state index is 0.00897. The normalized spacial score (nSPS) is 26.6. The molecule has 2 aliphatic heterocycles. The molecule has 0 spiro atoms. The van der Waals surface area contributed by atoms with E-state index in [0.29, 0.717) is 42.8 Å². The Balaban J connectivity index is 1.66. The van der Waals surface area contributed by atoms with Crippen LogP contribution in [-0.2, 0) is 10.2 Å². The maximum absolute atomic E-state index is 13.0. The van der Waals surface area contributed by atoms with Gasteiger partial charge in [0.05, 0.1) is 17.1 Å². The van der Waals surface area contributed by atoms with Crippen LogP contribution in [-0.4, -0.2) is 46.8 Å². The molecule has 4 rings (SSSR count). The van der Waals surface area contributed by atoms with E-state index in [4.69, 9.17) is 13.6 Å². The summed E-state index contributed by atoms with van der Waals surface area (Å²) in [5.41, 5.74) is 0.226. The highest BCUT2D eigenvalue weighted by molar-refractivity contribution is 5.95. The van der Waals surface area contributed by atoms with Crippen LogP contribution < -0.4 is 0 Å². The Morgan fingerprint density at radius 2 is 2.12 bits per heavy atom. The Kier molecular flexibility index (Phi) is 3.49. The van der Waals surface area contributed by atoms with Crippen molar-refractivity contribution in [2.75, 3.05) is 19.7 Å². The van der Waals surface area contributed by atoms with Crippen molar-refractivity contribution < 1.29 is 18.4 Å².